The fourth-order valence-corrected chi connectivity index (χ4v) is 4.13. The second kappa shape index (κ2) is 9.19. The number of thiazole rings is 1. The second-order valence-electron chi connectivity index (χ2n) is 7.86. The van der Waals surface area contributed by atoms with Gasteiger partial charge >= 0.3 is 18.2 Å². The first kappa shape index (κ1) is 23.9. The van der Waals surface area contributed by atoms with Crippen LogP contribution in [0.15, 0.2) is 5.38 Å². The van der Waals surface area contributed by atoms with E-state index in [1.165, 1.54) is 0 Å². The molecular formula is C18H25F3N4O4S. The van der Waals surface area contributed by atoms with Crippen molar-refractivity contribution in [1.82, 2.24) is 20.1 Å². The van der Waals surface area contributed by atoms with Crippen LogP contribution in [-0.4, -0.2) is 69.7 Å². The molecule has 8 nitrogen and oxygen atoms in total. The number of carbonyl (C=O) groups is 3. The molecule has 1 aromatic rings. The van der Waals surface area contributed by atoms with Gasteiger partial charge in [0, 0.05) is 42.9 Å². The highest BCUT2D eigenvalue weighted by atomic mass is 32.1. The lowest BCUT2D eigenvalue weighted by atomic mass is 9.86. The van der Waals surface area contributed by atoms with Gasteiger partial charge in [0.1, 0.15) is 0 Å². The summed E-state index contributed by atoms with van der Waals surface area (Å²) in [6.45, 7) is 8.61. The number of halogens is 3. The first-order valence-electron chi connectivity index (χ1n) is 9.36. The molecule has 2 aliphatic rings. The average molecular weight is 450 g/mol. The summed E-state index contributed by atoms with van der Waals surface area (Å²) in [7, 11) is 0. The van der Waals surface area contributed by atoms with Crippen molar-refractivity contribution < 1.29 is 32.7 Å². The van der Waals surface area contributed by atoms with E-state index in [1.54, 1.807) is 11.3 Å². The number of carbonyl (C=O) groups excluding carboxylic acids is 2. The monoisotopic (exact) mass is 450 g/mol. The number of carboxylic acid groups (broad SMARTS) is 1. The zero-order valence-electron chi connectivity index (χ0n) is 17.0. The Kier molecular flexibility index (Phi) is 7.32. The molecule has 2 N–H and O–H groups in total. The van der Waals surface area contributed by atoms with Gasteiger partial charge in [0.15, 0.2) is 0 Å². The number of nitrogens with zero attached hydrogens (tertiary/aromatic N) is 3. The van der Waals surface area contributed by atoms with Crippen LogP contribution in [0.3, 0.4) is 0 Å². The number of rotatable bonds is 3. The van der Waals surface area contributed by atoms with E-state index in [9.17, 15) is 22.8 Å². The molecule has 0 saturated carbocycles. The normalized spacial score (nSPS) is 21.2. The van der Waals surface area contributed by atoms with Crippen molar-refractivity contribution in [2.75, 3.05) is 19.6 Å². The van der Waals surface area contributed by atoms with Gasteiger partial charge in [0.2, 0.25) is 5.91 Å². The molecule has 0 aromatic carbocycles. The molecule has 0 aliphatic carbocycles. The van der Waals surface area contributed by atoms with Gasteiger partial charge in [0.25, 0.3) is 0 Å². The molecule has 0 radical (unpaired) electrons. The molecular weight excluding hydrogens is 425 g/mol. The SMILES string of the molecule is Cc1nc(CN2CC3(CCN(C(=O)NC(C)C)C3)CC2=O)cs1.O=C(O)C(F)(F)F. The van der Waals surface area contributed by atoms with Gasteiger partial charge in [-0.25, -0.2) is 14.6 Å². The van der Waals surface area contributed by atoms with Gasteiger partial charge in [0.05, 0.1) is 17.2 Å². The molecule has 2 fully saturated rings. The number of aromatic nitrogens is 1. The van der Waals surface area contributed by atoms with Crippen LogP contribution < -0.4 is 5.32 Å². The maximum Gasteiger partial charge on any atom is 0.490 e. The van der Waals surface area contributed by atoms with Crippen LogP contribution >= 0.6 is 11.3 Å². The number of hydrogen-bond acceptors (Lipinski definition) is 5. The van der Waals surface area contributed by atoms with E-state index in [2.05, 4.69) is 10.3 Å². The van der Waals surface area contributed by atoms with E-state index in [-0.39, 0.29) is 23.4 Å². The topological polar surface area (TPSA) is 103 Å². The lowest BCUT2D eigenvalue weighted by Crippen LogP contribution is -2.43. The second-order valence-corrected chi connectivity index (χ2v) is 8.93. The summed E-state index contributed by atoms with van der Waals surface area (Å²) in [6.07, 6.45) is -3.64. The van der Waals surface area contributed by atoms with Crippen LogP contribution in [0, 0.1) is 12.3 Å². The number of alkyl halides is 3. The Morgan fingerprint density at radius 2 is 2.00 bits per heavy atom. The maximum atomic E-state index is 12.4. The van der Waals surface area contributed by atoms with Crippen LogP contribution in [-0.2, 0) is 16.1 Å². The lowest BCUT2D eigenvalue weighted by molar-refractivity contribution is -0.192. The van der Waals surface area contributed by atoms with Gasteiger partial charge < -0.3 is 20.2 Å². The molecule has 30 heavy (non-hydrogen) atoms. The number of carboxylic acids is 1. The predicted molar refractivity (Wildman–Crippen MR) is 103 cm³/mol. The minimum atomic E-state index is -5.08. The summed E-state index contributed by atoms with van der Waals surface area (Å²) in [6, 6.07) is 0.117. The molecule has 1 aromatic heterocycles. The Balaban J connectivity index is 0.000000396. The number of hydrogen-bond donors (Lipinski definition) is 2. The summed E-state index contributed by atoms with van der Waals surface area (Å²) in [4.78, 5) is 41.6. The van der Waals surface area contributed by atoms with Gasteiger partial charge in [-0.05, 0) is 27.2 Å². The molecule has 3 amide bonds. The van der Waals surface area contributed by atoms with E-state index < -0.39 is 12.1 Å². The zero-order chi connectivity index (χ0) is 22.7. The molecule has 2 saturated heterocycles. The van der Waals surface area contributed by atoms with Crippen LogP contribution in [0.1, 0.15) is 37.4 Å². The first-order chi connectivity index (χ1) is 13.8. The smallest absolute Gasteiger partial charge is 0.475 e. The van der Waals surface area contributed by atoms with Gasteiger partial charge in [-0.1, -0.05) is 0 Å². The van der Waals surface area contributed by atoms with Gasteiger partial charge in [-0.15, -0.1) is 11.3 Å². The minimum Gasteiger partial charge on any atom is -0.475 e. The molecule has 3 heterocycles. The van der Waals surface area contributed by atoms with E-state index in [0.717, 1.165) is 30.2 Å². The Morgan fingerprint density at radius 3 is 2.50 bits per heavy atom. The van der Waals surface area contributed by atoms with Crippen molar-refractivity contribution in [3.63, 3.8) is 0 Å². The van der Waals surface area contributed by atoms with Crippen molar-refractivity contribution in [2.24, 2.45) is 5.41 Å². The molecule has 1 spiro atoms. The van der Waals surface area contributed by atoms with Gasteiger partial charge in [-0.3, -0.25) is 4.79 Å². The van der Waals surface area contributed by atoms with Crippen molar-refractivity contribution in [2.45, 2.75) is 52.4 Å². The third-order valence-electron chi connectivity index (χ3n) is 4.80. The highest BCUT2D eigenvalue weighted by molar-refractivity contribution is 7.09. The van der Waals surface area contributed by atoms with Crippen molar-refractivity contribution in [3.05, 3.63) is 16.1 Å². The van der Waals surface area contributed by atoms with E-state index in [0.29, 0.717) is 19.5 Å². The number of amides is 3. The standard InChI is InChI=1S/C16H24N4O2S.C2HF3O2/c1-11(2)17-15(22)19-5-4-16(9-19)6-14(21)20(10-16)7-13-8-23-12(3)18-13;3-2(4,5)1(6)7/h8,11H,4-7,9-10H2,1-3H3,(H,17,22);(H,6,7). The Bertz CT molecular complexity index is 799. The molecule has 2 aliphatic heterocycles. The third-order valence-corrected chi connectivity index (χ3v) is 5.63. The largest absolute Gasteiger partial charge is 0.490 e. The lowest BCUT2D eigenvalue weighted by Gasteiger charge is -2.24. The van der Waals surface area contributed by atoms with Crippen molar-refractivity contribution in [3.8, 4) is 0 Å². The van der Waals surface area contributed by atoms with Crippen LogP contribution in [0.2, 0.25) is 0 Å². The van der Waals surface area contributed by atoms with E-state index in [1.807, 2.05) is 36.0 Å². The number of nitrogens with one attached hydrogen (secondary N) is 1. The summed E-state index contributed by atoms with van der Waals surface area (Å²) < 4.78 is 31.7. The fraction of sp³-hybridized carbons (Fsp3) is 0.667. The number of likely N-dealkylation sites (tertiary alicyclic amines) is 2. The number of aryl methyl sites for hydroxylation is 1. The van der Waals surface area contributed by atoms with Crippen LogP contribution in [0.4, 0.5) is 18.0 Å². The molecule has 0 bridgehead atoms. The first-order valence-corrected chi connectivity index (χ1v) is 10.2. The summed E-state index contributed by atoms with van der Waals surface area (Å²) in [5.74, 6) is -2.57. The molecule has 12 heteroatoms. The Morgan fingerprint density at radius 1 is 1.37 bits per heavy atom. The molecule has 168 valence electrons. The summed E-state index contributed by atoms with van der Waals surface area (Å²) >= 11 is 1.61. The zero-order valence-corrected chi connectivity index (χ0v) is 17.8. The van der Waals surface area contributed by atoms with E-state index >= 15 is 0 Å². The van der Waals surface area contributed by atoms with E-state index in [4.69, 9.17) is 9.90 Å². The molecule has 3 rings (SSSR count). The average Bonchev–Trinajstić information content (AvgIpc) is 3.28. The van der Waals surface area contributed by atoms with Crippen LogP contribution in [0.5, 0.6) is 0 Å². The maximum absolute atomic E-state index is 12.4. The quantitative estimate of drug-likeness (QED) is 0.737. The number of aliphatic carboxylic acids is 1. The van der Waals surface area contributed by atoms with Crippen molar-refractivity contribution in [1.29, 1.82) is 0 Å². The Labute approximate surface area is 176 Å². The summed E-state index contributed by atoms with van der Waals surface area (Å²) in [5.41, 5.74) is 0.890. The molecule has 1 unspecified atom stereocenters. The minimum absolute atomic E-state index is 0.0158. The third kappa shape index (κ3) is 6.31. The predicted octanol–water partition coefficient (Wildman–Crippen LogP) is 2.63. The highest BCUT2D eigenvalue weighted by Crippen LogP contribution is 2.40. The molecule has 1 atom stereocenters. The van der Waals surface area contributed by atoms with Gasteiger partial charge in [-0.2, -0.15) is 13.2 Å². The van der Waals surface area contributed by atoms with Crippen LogP contribution in [0.25, 0.3) is 0 Å². The Hall–Kier alpha value is -2.37. The summed E-state index contributed by atoms with van der Waals surface area (Å²) in [5, 5.41) is 13.1. The highest BCUT2D eigenvalue weighted by Gasteiger charge is 2.48. The fourth-order valence-electron chi connectivity index (χ4n) is 3.52. The van der Waals surface area contributed by atoms with Crippen molar-refractivity contribution >= 4 is 29.2 Å². The number of urea groups is 1.